The Labute approximate surface area is 104 Å². The summed E-state index contributed by atoms with van der Waals surface area (Å²) in [5.41, 5.74) is -0.0454. The van der Waals surface area contributed by atoms with Crippen molar-refractivity contribution in [2.45, 2.75) is 30.5 Å². The molecule has 1 fully saturated rings. The Bertz CT molecular complexity index is 544. The van der Waals surface area contributed by atoms with E-state index in [1.165, 1.54) is 6.07 Å². The molecule has 1 aromatic rings. The number of sulfone groups is 1. The number of carboxylic acid groups (broad SMARTS) is 1. The molecule has 0 amide bonds. The molecule has 1 aliphatic rings. The molecule has 18 heavy (non-hydrogen) atoms. The maximum absolute atomic E-state index is 12.1. The molecule has 2 rings (SSSR count). The summed E-state index contributed by atoms with van der Waals surface area (Å²) >= 11 is 0. The summed E-state index contributed by atoms with van der Waals surface area (Å²) in [6.45, 7) is 2.16. The van der Waals surface area contributed by atoms with E-state index in [9.17, 15) is 13.2 Å². The monoisotopic (exact) mass is 274 g/mol. The predicted molar refractivity (Wildman–Crippen MR) is 62.1 cm³/mol. The van der Waals surface area contributed by atoms with Crippen LogP contribution in [0.2, 0.25) is 0 Å². The quantitative estimate of drug-likeness (QED) is 0.882. The first-order chi connectivity index (χ1) is 8.40. The van der Waals surface area contributed by atoms with Gasteiger partial charge in [-0.05, 0) is 19.4 Å². The van der Waals surface area contributed by atoms with Gasteiger partial charge in [0.1, 0.15) is 17.8 Å². The van der Waals surface area contributed by atoms with E-state index in [0.717, 1.165) is 6.26 Å². The average molecular weight is 274 g/mol. The molecule has 1 aliphatic heterocycles. The van der Waals surface area contributed by atoms with E-state index in [2.05, 4.69) is 0 Å². The number of carboxylic acids is 1. The van der Waals surface area contributed by atoms with E-state index in [1.54, 1.807) is 6.92 Å². The first kappa shape index (κ1) is 13.1. The lowest BCUT2D eigenvalue weighted by molar-refractivity contribution is 0.0696. The molecule has 0 bridgehead atoms. The summed E-state index contributed by atoms with van der Waals surface area (Å²) < 4.78 is 34.4. The van der Waals surface area contributed by atoms with E-state index < -0.39 is 21.1 Å². The molecule has 0 aromatic carbocycles. The van der Waals surface area contributed by atoms with Crippen LogP contribution in [-0.2, 0) is 20.3 Å². The summed E-state index contributed by atoms with van der Waals surface area (Å²) in [4.78, 5) is 10.7. The maximum atomic E-state index is 12.1. The molecule has 0 spiro atoms. The smallest absolute Gasteiger partial charge is 0.338 e. The molecule has 1 aromatic heterocycles. The van der Waals surface area contributed by atoms with Gasteiger partial charge in [0.05, 0.1) is 16.9 Å². The summed E-state index contributed by atoms with van der Waals surface area (Å²) in [5.74, 6) is -1.29. The standard InChI is InChI=1S/C11H14O6S/c1-7-10(2-3-16-7)18(14,15)6-9-4-8(5-17-9)11(12)13/h4-5,7,10H,2-3,6H2,1H3,(H,12,13). The van der Waals surface area contributed by atoms with Gasteiger partial charge in [0, 0.05) is 6.61 Å². The van der Waals surface area contributed by atoms with Gasteiger partial charge >= 0.3 is 5.97 Å². The van der Waals surface area contributed by atoms with Crippen molar-refractivity contribution >= 4 is 15.8 Å². The third-order valence-corrected chi connectivity index (χ3v) is 5.24. The molecule has 0 radical (unpaired) electrons. The van der Waals surface area contributed by atoms with Crippen LogP contribution in [0.5, 0.6) is 0 Å². The lowest BCUT2D eigenvalue weighted by Gasteiger charge is -2.13. The van der Waals surface area contributed by atoms with E-state index in [-0.39, 0.29) is 23.2 Å². The molecule has 7 heteroatoms. The molecular weight excluding hydrogens is 260 g/mol. The molecule has 1 saturated heterocycles. The van der Waals surface area contributed by atoms with Crippen molar-refractivity contribution in [3.8, 4) is 0 Å². The minimum Gasteiger partial charge on any atom is -0.478 e. The summed E-state index contributed by atoms with van der Waals surface area (Å²) in [7, 11) is -3.39. The minimum atomic E-state index is -3.39. The lowest BCUT2D eigenvalue weighted by atomic mass is 10.3. The molecule has 100 valence electrons. The van der Waals surface area contributed by atoms with Crippen molar-refractivity contribution in [1.29, 1.82) is 0 Å². The zero-order valence-corrected chi connectivity index (χ0v) is 10.6. The Morgan fingerprint density at radius 3 is 2.78 bits per heavy atom. The third-order valence-electron chi connectivity index (χ3n) is 3.01. The van der Waals surface area contributed by atoms with Crippen LogP contribution in [0.15, 0.2) is 16.7 Å². The Kier molecular flexibility index (Phi) is 3.45. The van der Waals surface area contributed by atoms with E-state index in [0.29, 0.717) is 13.0 Å². The summed E-state index contributed by atoms with van der Waals surface area (Å²) in [6.07, 6.45) is 1.18. The number of hydrogen-bond acceptors (Lipinski definition) is 5. The van der Waals surface area contributed by atoms with Gasteiger partial charge in [-0.15, -0.1) is 0 Å². The second-order valence-corrected chi connectivity index (χ2v) is 6.54. The zero-order chi connectivity index (χ0) is 13.3. The molecule has 2 unspecified atom stereocenters. The Balaban J connectivity index is 2.14. The molecule has 6 nitrogen and oxygen atoms in total. The second-order valence-electron chi connectivity index (χ2n) is 4.32. The number of ether oxygens (including phenoxy) is 1. The second kappa shape index (κ2) is 4.74. The fraction of sp³-hybridized carbons (Fsp3) is 0.545. The highest BCUT2D eigenvalue weighted by molar-refractivity contribution is 7.91. The number of furan rings is 1. The molecular formula is C11H14O6S. The van der Waals surface area contributed by atoms with Crippen LogP contribution in [0.1, 0.15) is 29.5 Å². The highest BCUT2D eigenvalue weighted by Crippen LogP contribution is 2.24. The molecule has 2 atom stereocenters. The fourth-order valence-electron chi connectivity index (χ4n) is 2.06. The highest BCUT2D eigenvalue weighted by Gasteiger charge is 2.36. The number of carbonyl (C=O) groups is 1. The van der Waals surface area contributed by atoms with Gasteiger partial charge in [-0.1, -0.05) is 0 Å². The van der Waals surface area contributed by atoms with Crippen LogP contribution in [0, 0.1) is 0 Å². The molecule has 2 heterocycles. The van der Waals surface area contributed by atoms with Gasteiger partial charge < -0.3 is 14.3 Å². The van der Waals surface area contributed by atoms with Crippen LogP contribution in [-0.4, -0.2) is 37.5 Å². The number of rotatable bonds is 4. The zero-order valence-electron chi connectivity index (χ0n) is 9.83. The minimum absolute atomic E-state index is 0.0454. The van der Waals surface area contributed by atoms with Gasteiger partial charge in [-0.25, -0.2) is 13.2 Å². The topological polar surface area (TPSA) is 93.8 Å². The van der Waals surface area contributed by atoms with Crippen molar-refractivity contribution in [1.82, 2.24) is 0 Å². The number of hydrogen-bond donors (Lipinski definition) is 1. The van der Waals surface area contributed by atoms with E-state index >= 15 is 0 Å². The van der Waals surface area contributed by atoms with E-state index in [4.69, 9.17) is 14.3 Å². The predicted octanol–water partition coefficient (Wildman–Crippen LogP) is 1.07. The molecule has 0 saturated carbocycles. The average Bonchev–Trinajstić information content (AvgIpc) is 2.86. The van der Waals surface area contributed by atoms with Crippen LogP contribution in [0.4, 0.5) is 0 Å². The summed E-state index contributed by atoms with van der Waals surface area (Å²) in [5, 5.41) is 8.18. The van der Waals surface area contributed by atoms with Gasteiger partial charge in [-0.3, -0.25) is 0 Å². The van der Waals surface area contributed by atoms with Gasteiger partial charge in [0.15, 0.2) is 9.84 Å². The van der Waals surface area contributed by atoms with Crippen molar-refractivity contribution in [3.63, 3.8) is 0 Å². The van der Waals surface area contributed by atoms with Gasteiger partial charge in [0.2, 0.25) is 0 Å². The van der Waals surface area contributed by atoms with Crippen LogP contribution in [0.3, 0.4) is 0 Å². The largest absolute Gasteiger partial charge is 0.478 e. The third kappa shape index (κ3) is 2.56. The molecule has 0 aliphatic carbocycles. The maximum Gasteiger partial charge on any atom is 0.338 e. The lowest BCUT2D eigenvalue weighted by Crippen LogP contribution is -2.29. The van der Waals surface area contributed by atoms with Gasteiger partial charge in [-0.2, -0.15) is 0 Å². The van der Waals surface area contributed by atoms with Crippen molar-refractivity contribution in [2.75, 3.05) is 6.61 Å². The van der Waals surface area contributed by atoms with Crippen molar-refractivity contribution in [3.05, 3.63) is 23.7 Å². The van der Waals surface area contributed by atoms with Crippen molar-refractivity contribution in [2.24, 2.45) is 0 Å². The number of aromatic carboxylic acids is 1. The highest BCUT2D eigenvalue weighted by atomic mass is 32.2. The van der Waals surface area contributed by atoms with Crippen LogP contribution in [0.25, 0.3) is 0 Å². The fourth-order valence-corrected chi connectivity index (χ4v) is 3.94. The SMILES string of the molecule is CC1OCCC1S(=O)(=O)Cc1cc(C(=O)O)co1. The summed E-state index contributed by atoms with van der Waals surface area (Å²) in [6, 6.07) is 1.24. The Morgan fingerprint density at radius 1 is 1.56 bits per heavy atom. The Morgan fingerprint density at radius 2 is 2.28 bits per heavy atom. The first-order valence-electron chi connectivity index (χ1n) is 5.54. The molecule has 1 N–H and O–H groups in total. The first-order valence-corrected chi connectivity index (χ1v) is 7.25. The van der Waals surface area contributed by atoms with Crippen LogP contribution >= 0.6 is 0 Å². The Hall–Kier alpha value is -1.34. The van der Waals surface area contributed by atoms with Crippen molar-refractivity contribution < 1.29 is 27.5 Å². The van der Waals surface area contributed by atoms with E-state index in [1.807, 2.05) is 0 Å². The van der Waals surface area contributed by atoms with Gasteiger partial charge in [0.25, 0.3) is 0 Å². The van der Waals surface area contributed by atoms with Crippen LogP contribution < -0.4 is 0 Å². The normalized spacial score (nSPS) is 24.3.